The molecule has 0 aliphatic heterocycles. The van der Waals surface area contributed by atoms with Gasteiger partial charge in [-0.05, 0) is 45.2 Å². The van der Waals surface area contributed by atoms with Gasteiger partial charge in [-0.15, -0.1) is 0 Å². The Bertz CT molecular complexity index is 517. The van der Waals surface area contributed by atoms with E-state index in [1.54, 1.807) is 31.4 Å². The summed E-state index contributed by atoms with van der Waals surface area (Å²) < 4.78 is 5.01. The summed E-state index contributed by atoms with van der Waals surface area (Å²) in [6.45, 7) is 6.59. The van der Waals surface area contributed by atoms with Crippen LogP contribution in [0.4, 0.5) is 10.5 Å². The van der Waals surface area contributed by atoms with Crippen molar-refractivity contribution in [2.75, 3.05) is 45.7 Å². The van der Waals surface area contributed by atoms with E-state index in [1.807, 2.05) is 20.9 Å². The van der Waals surface area contributed by atoms with Crippen molar-refractivity contribution in [1.29, 1.82) is 0 Å². The van der Waals surface area contributed by atoms with E-state index in [4.69, 9.17) is 4.74 Å². The van der Waals surface area contributed by atoms with Crippen molar-refractivity contribution in [3.05, 3.63) is 29.8 Å². The van der Waals surface area contributed by atoms with Gasteiger partial charge in [0.25, 0.3) is 5.91 Å². The molecule has 0 unspecified atom stereocenters. The number of carbonyl (C=O) groups is 2. The van der Waals surface area contributed by atoms with E-state index in [-0.39, 0.29) is 18.0 Å². The molecule has 0 atom stereocenters. The molecule has 0 heterocycles. The second-order valence-corrected chi connectivity index (χ2v) is 5.88. The summed E-state index contributed by atoms with van der Waals surface area (Å²) in [5, 5.41) is 8.33. The van der Waals surface area contributed by atoms with Crippen LogP contribution in [0.5, 0.6) is 0 Å². The van der Waals surface area contributed by atoms with Crippen LogP contribution in [0.3, 0.4) is 0 Å². The van der Waals surface area contributed by atoms with Crippen molar-refractivity contribution in [2.24, 2.45) is 0 Å². The van der Waals surface area contributed by atoms with E-state index < -0.39 is 0 Å². The Morgan fingerprint density at radius 3 is 2.42 bits per heavy atom. The van der Waals surface area contributed by atoms with E-state index >= 15 is 0 Å². The number of nitrogens with one attached hydrogen (secondary N) is 3. The van der Waals surface area contributed by atoms with Crippen molar-refractivity contribution in [3.63, 3.8) is 0 Å². The highest BCUT2D eigenvalue weighted by Crippen LogP contribution is 2.09. The molecule has 0 aliphatic carbocycles. The molecule has 1 rings (SSSR count). The van der Waals surface area contributed by atoms with Crippen LogP contribution in [0.25, 0.3) is 0 Å². The quantitative estimate of drug-likeness (QED) is 0.639. The molecule has 134 valence electrons. The minimum Gasteiger partial charge on any atom is -0.383 e. The Hall–Kier alpha value is -2.12. The first-order chi connectivity index (χ1) is 11.4. The molecule has 0 fully saturated rings. The summed E-state index contributed by atoms with van der Waals surface area (Å²) in [5.41, 5.74) is 1.20. The number of carbonyl (C=O) groups excluding carboxylic acids is 2. The molecule has 1 aromatic carbocycles. The zero-order valence-electron chi connectivity index (χ0n) is 14.9. The van der Waals surface area contributed by atoms with Gasteiger partial charge in [0, 0.05) is 44.0 Å². The van der Waals surface area contributed by atoms with Crippen LogP contribution >= 0.6 is 0 Å². The smallest absolute Gasteiger partial charge is 0.319 e. The zero-order chi connectivity index (χ0) is 17.9. The number of benzene rings is 1. The first-order valence-corrected chi connectivity index (χ1v) is 8.05. The lowest BCUT2D eigenvalue weighted by atomic mass is 10.2. The molecule has 0 bridgehead atoms. The van der Waals surface area contributed by atoms with Crippen LogP contribution in [0, 0.1) is 0 Å². The van der Waals surface area contributed by atoms with Gasteiger partial charge in [0.2, 0.25) is 0 Å². The van der Waals surface area contributed by atoms with Crippen molar-refractivity contribution < 1.29 is 14.3 Å². The minimum atomic E-state index is -0.263. The van der Waals surface area contributed by atoms with E-state index in [1.165, 1.54) is 0 Å². The molecule has 0 radical (unpaired) electrons. The van der Waals surface area contributed by atoms with Gasteiger partial charge in [0.1, 0.15) is 0 Å². The average molecular weight is 336 g/mol. The monoisotopic (exact) mass is 336 g/mol. The van der Waals surface area contributed by atoms with Crippen LogP contribution < -0.4 is 16.0 Å². The number of hydrogen-bond donors (Lipinski definition) is 3. The second-order valence-electron chi connectivity index (χ2n) is 5.88. The Labute approximate surface area is 143 Å². The summed E-state index contributed by atoms with van der Waals surface area (Å²) in [6, 6.07) is 6.60. The van der Waals surface area contributed by atoms with E-state index in [0.717, 1.165) is 13.1 Å². The van der Waals surface area contributed by atoms with E-state index in [2.05, 4.69) is 20.9 Å². The number of methoxy groups -OCH3 is 1. The molecule has 24 heavy (non-hydrogen) atoms. The highest BCUT2D eigenvalue weighted by atomic mass is 16.5. The molecule has 7 nitrogen and oxygen atoms in total. The third-order valence-corrected chi connectivity index (χ3v) is 3.28. The van der Waals surface area contributed by atoms with Gasteiger partial charge in [-0.25, -0.2) is 4.79 Å². The summed E-state index contributed by atoms with van der Waals surface area (Å²) in [7, 11) is 3.65. The van der Waals surface area contributed by atoms with Crippen LogP contribution in [0.15, 0.2) is 24.3 Å². The second kappa shape index (κ2) is 10.6. The molecular weight excluding hydrogens is 308 g/mol. The average Bonchev–Trinajstić information content (AvgIpc) is 2.52. The van der Waals surface area contributed by atoms with Gasteiger partial charge in [0.15, 0.2) is 0 Å². The summed E-state index contributed by atoms with van der Waals surface area (Å²) in [4.78, 5) is 25.8. The summed E-state index contributed by atoms with van der Waals surface area (Å²) in [6.07, 6.45) is 0. The number of urea groups is 1. The molecule has 0 aliphatic rings. The maximum Gasteiger partial charge on any atom is 0.319 e. The highest BCUT2D eigenvalue weighted by Gasteiger charge is 2.07. The third kappa shape index (κ3) is 7.94. The third-order valence-electron chi connectivity index (χ3n) is 3.28. The Morgan fingerprint density at radius 1 is 1.17 bits per heavy atom. The van der Waals surface area contributed by atoms with Crippen LogP contribution in [-0.4, -0.2) is 63.3 Å². The predicted molar refractivity (Wildman–Crippen MR) is 95.4 cm³/mol. The molecule has 0 saturated carbocycles. The lowest BCUT2D eigenvalue weighted by Crippen LogP contribution is -2.34. The number of anilines is 1. The Morgan fingerprint density at radius 2 is 1.83 bits per heavy atom. The highest BCUT2D eigenvalue weighted by molar-refractivity contribution is 5.95. The molecule has 0 spiro atoms. The standard InChI is InChI=1S/C17H28N4O3/c1-13(2)19-17(23)20-15-7-5-14(6-8-15)16(22)18-9-10-21(3)11-12-24-4/h5-8,13H,9-12H2,1-4H3,(H,18,22)(H2,19,20,23). The lowest BCUT2D eigenvalue weighted by Gasteiger charge is -2.16. The number of rotatable bonds is 9. The van der Waals surface area contributed by atoms with E-state index in [9.17, 15) is 9.59 Å². The molecule has 0 aromatic heterocycles. The van der Waals surface area contributed by atoms with Crippen molar-refractivity contribution in [3.8, 4) is 0 Å². The number of amides is 3. The van der Waals surface area contributed by atoms with Gasteiger partial charge in [-0.3, -0.25) is 4.79 Å². The van der Waals surface area contributed by atoms with Gasteiger partial charge in [0.05, 0.1) is 6.61 Å². The predicted octanol–water partition coefficient (Wildman–Crippen LogP) is 1.52. The fourth-order valence-electron chi connectivity index (χ4n) is 1.96. The first-order valence-electron chi connectivity index (χ1n) is 8.05. The molecular formula is C17H28N4O3. The Kier molecular flexibility index (Phi) is 8.81. The van der Waals surface area contributed by atoms with Gasteiger partial charge in [-0.2, -0.15) is 0 Å². The number of likely N-dealkylation sites (N-methyl/N-ethyl adjacent to an activating group) is 1. The molecule has 7 heteroatoms. The SMILES string of the molecule is COCCN(C)CCNC(=O)c1ccc(NC(=O)NC(C)C)cc1. The van der Waals surface area contributed by atoms with Gasteiger partial charge in [-0.1, -0.05) is 0 Å². The van der Waals surface area contributed by atoms with E-state index in [0.29, 0.717) is 24.4 Å². The first kappa shape index (κ1) is 19.9. The number of hydrogen-bond acceptors (Lipinski definition) is 4. The van der Waals surface area contributed by atoms with Crippen molar-refractivity contribution in [1.82, 2.24) is 15.5 Å². The fraction of sp³-hybridized carbons (Fsp3) is 0.529. The van der Waals surface area contributed by atoms with Crippen LogP contribution in [0.1, 0.15) is 24.2 Å². The topological polar surface area (TPSA) is 82.7 Å². The van der Waals surface area contributed by atoms with Crippen LogP contribution in [-0.2, 0) is 4.74 Å². The van der Waals surface area contributed by atoms with Crippen molar-refractivity contribution >= 4 is 17.6 Å². The summed E-state index contributed by atoms with van der Waals surface area (Å²) >= 11 is 0. The van der Waals surface area contributed by atoms with Gasteiger partial charge < -0.3 is 25.6 Å². The van der Waals surface area contributed by atoms with Crippen molar-refractivity contribution in [2.45, 2.75) is 19.9 Å². The lowest BCUT2D eigenvalue weighted by molar-refractivity contribution is 0.0947. The minimum absolute atomic E-state index is 0.0667. The molecule has 0 saturated heterocycles. The maximum absolute atomic E-state index is 12.1. The molecule has 3 N–H and O–H groups in total. The maximum atomic E-state index is 12.1. The number of nitrogens with zero attached hydrogens (tertiary/aromatic N) is 1. The van der Waals surface area contributed by atoms with Gasteiger partial charge >= 0.3 is 6.03 Å². The summed E-state index contributed by atoms with van der Waals surface area (Å²) in [5.74, 6) is -0.131. The normalized spacial score (nSPS) is 10.8. The zero-order valence-corrected chi connectivity index (χ0v) is 14.9. The Balaban J connectivity index is 2.39. The molecule has 1 aromatic rings. The largest absolute Gasteiger partial charge is 0.383 e. The van der Waals surface area contributed by atoms with Crippen LogP contribution in [0.2, 0.25) is 0 Å². The number of ether oxygens (including phenoxy) is 1. The fourth-order valence-corrected chi connectivity index (χ4v) is 1.96. The molecule has 3 amide bonds.